The molecule has 0 saturated carbocycles. The first-order chi connectivity index (χ1) is 59.8. The highest BCUT2D eigenvalue weighted by molar-refractivity contribution is 6.62. The van der Waals surface area contributed by atoms with Crippen LogP contribution in [0.25, 0.3) is 0 Å². The quantitative estimate of drug-likeness (QED) is 0.105. The zero-order valence-corrected chi connectivity index (χ0v) is 67.0. The molecule has 3 fully saturated rings. The molecule has 3 saturated heterocycles. The van der Waals surface area contributed by atoms with Gasteiger partial charge in [-0.1, -0.05) is 82.0 Å². The van der Waals surface area contributed by atoms with E-state index in [1.54, 1.807) is 57.2 Å². The maximum atomic E-state index is 12.4. The van der Waals surface area contributed by atoms with Gasteiger partial charge >= 0.3 is 34.8 Å². The lowest BCUT2D eigenvalue weighted by Gasteiger charge is -2.16. The van der Waals surface area contributed by atoms with Crippen LogP contribution in [0.2, 0.25) is 0 Å². The van der Waals surface area contributed by atoms with E-state index >= 15 is 0 Å². The highest BCUT2D eigenvalue weighted by Gasteiger charge is 2.56. The molecule has 0 aliphatic carbocycles. The number of carbonyl (C=O) groups is 24. The number of fused-ring (bicyclic) bond motifs is 6. The van der Waals surface area contributed by atoms with E-state index in [1.165, 1.54) is 75.4 Å². The fraction of sp³-hybridized carbons (Fsp3) is 0.208. The zero-order valence-electron chi connectivity index (χ0n) is 64.8. The summed E-state index contributed by atoms with van der Waals surface area (Å²) in [7, 11) is 7.08. The number of hydrogen-bond acceptors (Lipinski definition) is 42. The second kappa shape index (κ2) is 38.5. The molecule has 6 aromatic rings. The highest BCUT2D eigenvalue weighted by atomic mass is 35.5. The van der Waals surface area contributed by atoms with Crippen molar-refractivity contribution in [2.24, 2.45) is 0 Å². The Kier molecular flexibility index (Phi) is 28.3. The highest BCUT2D eigenvalue weighted by Crippen LogP contribution is 2.33. The first kappa shape index (κ1) is 92.5. The smallest absolute Gasteiger partial charge is 0.368 e. The molecule has 18 amide bonds. The molecule has 0 bridgehead atoms. The van der Waals surface area contributed by atoms with Crippen molar-refractivity contribution < 1.29 is 187 Å². The van der Waals surface area contributed by atoms with E-state index in [2.05, 4.69) is 58.5 Å². The van der Waals surface area contributed by atoms with Crippen molar-refractivity contribution in [3.8, 4) is 0 Å². The van der Waals surface area contributed by atoms with Crippen LogP contribution in [0, 0.1) is 20.8 Å². The molecule has 9 aliphatic heterocycles. The molecule has 6 unspecified atom stereocenters. The fourth-order valence-electron chi connectivity index (χ4n) is 12.1. The van der Waals surface area contributed by atoms with Crippen LogP contribution in [0.4, 0.5) is 28.8 Å². The number of methoxy groups -OCH3 is 6. The van der Waals surface area contributed by atoms with Crippen LogP contribution in [-0.4, -0.2) is 281 Å². The van der Waals surface area contributed by atoms with E-state index < -0.39 is 178 Å². The van der Waals surface area contributed by atoms with E-state index in [1.807, 2.05) is 0 Å². The Labute approximate surface area is 713 Å². The number of halogens is 3. The van der Waals surface area contributed by atoms with E-state index in [4.69, 9.17) is 63.2 Å². The number of imide groups is 9. The summed E-state index contributed by atoms with van der Waals surface area (Å²) < 4.78 is 28.7. The Morgan fingerprint density at radius 2 is 0.429 bits per heavy atom. The number of hydrogen-bond donors (Lipinski definition) is 0. The van der Waals surface area contributed by atoms with Crippen molar-refractivity contribution in [3.63, 3.8) is 0 Å². The average molecular weight is 1810 g/mol. The lowest BCUT2D eigenvalue weighted by atomic mass is 10.0. The molecule has 51 nitrogen and oxygen atoms in total. The normalized spacial score (nSPS) is 19.0. The molecule has 3 aromatic heterocycles. The van der Waals surface area contributed by atoms with Crippen molar-refractivity contribution in [1.29, 1.82) is 0 Å². The number of benzene rings is 3. The van der Waals surface area contributed by atoms with E-state index in [9.17, 15) is 115 Å². The molecular weight excluding hydrogens is 1760 g/mol. The summed E-state index contributed by atoms with van der Waals surface area (Å²) in [5, 5.41) is 1.84. The predicted octanol–water partition coefficient (Wildman–Crippen LogP) is 2.82. The summed E-state index contributed by atoms with van der Waals surface area (Å²) >= 11 is 14.8. The summed E-state index contributed by atoms with van der Waals surface area (Å²) in [6.45, 7) is 4.95. The molecular formula is C72H51Cl3N12O39. The largest absolute Gasteiger partial charge is 0.560 e. The molecule has 126 heavy (non-hydrogen) atoms. The van der Waals surface area contributed by atoms with Gasteiger partial charge in [0.2, 0.25) is 0 Å². The molecule has 0 spiro atoms. The van der Waals surface area contributed by atoms with E-state index in [0.717, 1.165) is 40.8 Å². The maximum Gasteiger partial charge on any atom is 0.560 e. The van der Waals surface area contributed by atoms with Crippen molar-refractivity contribution in [2.45, 2.75) is 57.4 Å². The van der Waals surface area contributed by atoms with Crippen molar-refractivity contribution in [2.75, 3.05) is 42.7 Å². The van der Waals surface area contributed by atoms with Gasteiger partial charge in [-0.3, -0.25) is 130 Å². The topological polar surface area (TPSA) is 616 Å². The van der Waals surface area contributed by atoms with Crippen molar-refractivity contribution in [1.82, 2.24) is 60.5 Å². The Balaban J connectivity index is 0.000000161. The number of aryl methyl sites for hydroxylation is 3. The van der Waals surface area contributed by atoms with Gasteiger partial charge in [0.15, 0.2) is 36.6 Å². The van der Waals surface area contributed by atoms with Crippen molar-refractivity contribution in [3.05, 3.63) is 193 Å². The van der Waals surface area contributed by atoms with E-state index in [-0.39, 0.29) is 102 Å². The van der Waals surface area contributed by atoms with Crippen molar-refractivity contribution >= 4 is 176 Å². The van der Waals surface area contributed by atoms with Gasteiger partial charge in [0.05, 0.1) is 66.8 Å². The number of aromatic nitrogens is 3. The van der Waals surface area contributed by atoms with Crippen LogP contribution in [0.1, 0.15) is 141 Å². The molecule has 0 N–H and O–H groups in total. The Morgan fingerprint density at radius 3 is 0.643 bits per heavy atom. The summed E-state index contributed by atoms with van der Waals surface area (Å²) in [5.41, 5.74) is -1.16. The summed E-state index contributed by atoms with van der Waals surface area (Å²) in [5.74, 6) is -15.6. The number of nitrogens with zero attached hydrogens (tertiary/aromatic N) is 12. The van der Waals surface area contributed by atoms with Crippen LogP contribution >= 0.6 is 34.8 Å². The number of ether oxygens (including phenoxy) is 6. The van der Waals surface area contributed by atoms with Gasteiger partial charge in [0, 0.05) is 115 Å². The maximum absolute atomic E-state index is 12.4. The molecule has 15 rings (SSSR count). The van der Waals surface area contributed by atoms with Crippen LogP contribution < -0.4 is 0 Å². The number of hydroxylamine groups is 18. The number of rotatable bonds is 15. The Bertz CT molecular complexity index is 5380. The monoisotopic (exact) mass is 1810 g/mol. The van der Waals surface area contributed by atoms with Gasteiger partial charge in [0.1, 0.15) is 0 Å². The molecule has 0 radical (unpaired) electrons. The standard InChI is InChI=1S/C19H12N2O7.C15H6N4O7.C13H16N2O11.C10H6ClNO4.C8H3ClN2O4.C7H8ClNO6/c1-9-5-3-7-11-13(9)17(24)20(15(11)22)27-19(26)28-21-16(23)12-8-4-6-10(2)14(12)18(21)25;20-11-7-1-3-16-5-9(7)13(22)18(11)25-15(24)26-19-12(21)8-2-4-17-6-10(8)14(19)23;1-21-5-6(22-2)10(17)14(9(5)16)25-13(20)26-15-11(18)7(23-3)8(24-4)12(15)19;1-5-3-2-4-6-7(5)9(14)12(8(6)13)16-10(11)15;9-8(14)15-11-6(12)4-1-2-10-3-5(4)7(11)13;1-13-3-4(14-2)6(11)9(5(3)10)15-7(8)12/h3-8H,1-2H3;1-6H;5-8H,1-4H3;2-4H,1H3;1-3H;3-4H,1-2H3. The summed E-state index contributed by atoms with van der Waals surface area (Å²) in [6.07, 6.45) is -5.00. The molecule has 6 atom stereocenters. The minimum atomic E-state index is -1.69. The lowest BCUT2D eigenvalue weighted by Crippen LogP contribution is -2.40. The second-order valence-corrected chi connectivity index (χ2v) is 25.7. The molecule has 9 aliphatic rings. The van der Waals surface area contributed by atoms with Crippen LogP contribution in [0.15, 0.2) is 110 Å². The fourth-order valence-corrected chi connectivity index (χ4v) is 12.3. The molecule has 54 heteroatoms. The van der Waals surface area contributed by atoms with Gasteiger partial charge in [0.25, 0.3) is 106 Å². The van der Waals surface area contributed by atoms with Crippen LogP contribution in [-0.2, 0) is 101 Å². The van der Waals surface area contributed by atoms with Gasteiger partial charge < -0.3 is 42.9 Å². The van der Waals surface area contributed by atoms with Crippen LogP contribution in [0.3, 0.4) is 0 Å². The zero-order chi connectivity index (χ0) is 92.6. The number of amides is 18. The van der Waals surface area contributed by atoms with Crippen LogP contribution in [0.5, 0.6) is 0 Å². The third kappa shape index (κ3) is 18.0. The first-order valence-electron chi connectivity index (χ1n) is 34.3. The molecule has 3 aromatic carbocycles. The third-order valence-corrected chi connectivity index (χ3v) is 17.9. The second-order valence-electron chi connectivity index (χ2n) is 24.8. The van der Waals surface area contributed by atoms with Gasteiger partial charge in [-0.25, -0.2) is 14.4 Å². The van der Waals surface area contributed by atoms with Gasteiger partial charge in [-0.15, -0.1) is 0 Å². The van der Waals surface area contributed by atoms with E-state index in [0.29, 0.717) is 26.8 Å². The first-order valence-corrected chi connectivity index (χ1v) is 35.5. The summed E-state index contributed by atoms with van der Waals surface area (Å²) in [6, 6.07) is 18.0. The molecule has 12 heterocycles. The SMILES string of the molecule is COC1C(=O)N(OC(=O)Cl)C(=O)C1OC.COC1C(=O)N(OC(=O)ON2C(=O)C(OC)C(OC)C2=O)C(=O)C1OC.Cc1cccc2c1C(=O)N(OC(=O)Cl)C2=O.Cc1cccc2c1C(=O)N(OC(=O)ON1C(=O)c3cccc(C)c3C1=O)C2=O.O=C(Cl)ON1C(=O)c2ccncc2C1=O.O=C(ON1C(=O)c2ccncc2C1=O)ON1C(=O)c2ccncc2C1=O. The molecule has 654 valence electrons. The Morgan fingerprint density at radius 1 is 0.246 bits per heavy atom. The lowest BCUT2D eigenvalue weighted by molar-refractivity contribution is -0.202. The average Bonchev–Trinajstić information content (AvgIpc) is 1.61. The van der Waals surface area contributed by atoms with Gasteiger partial charge in [-0.2, -0.15) is 14.4 Å². The summed E-state index contributed by atoms with van der Waals surface area (Å²) in [4.78, 5) is 333. The van der Waals surface area contributed by atoms with Gasteiger partial charge in [-0.05, 0) is 73.9 Å². The Hall–Kier alpha value is -15.8. The number of carbonyl (C=O) groups excluding carboxylic acids is 24. The predicted molar refractivity (Wildman–Crippen MR) is 389 cm³/mol. The number of pyridine rings is 3. The minimum absolute atomic E-state index is 0.00963. The third-order valence-electron chi connectivity index (χ3n) is 17.7. The minimum Gasteiger partial charge on any atom is -0.368 e.